The minimum Gasteiger partial charge on any atom is -0.493 e. The fraction of sp³-hybridized carbons (Fsp3) is 0.704. The van der Waals surface area contributed by atoms with Crippen molar-refractivity contribution in [2.24, 2.45) is 29.6 Å². The Morgan fingerprint density at radius 3 is 2.64 bits per heavy atom. The van der Waals surface area contributed by atoms with E-state index in [0.717, 1.165) is 42.1 Å². The van der Waals surface area contributed by atoms with Crippen molar-refractivity contribution in [3.63, 3.8) is 0 Å². The molecule has 33 heavy (non-hydrogen) atoms. The summed E-state index contributed by atoms with van der Waals surface area (Å²) in [7, 11) is 0. The molecule has 1 heterocycles. The number of ether oxygens (including phenoxy) is 1. The fourth-order valence-electron chi connectivity index (χ4n) is 7.67. The number of amides is 1. The van der Waals surface area contributed by atoms with Crippen molar-refractivity contribution in [3.05, 3.63) is 29.1 Å². The van der Waals surface area contributed by atoms with Crippen LogP contribution < -0.4 is 4.74 Å². The molecule has 1 aromatic rings. The van der Waals surface area contributed by atoms with E-state index in [4.69, 9.17) is 4.74 Å². The number of benzene rings is 1. The van der Waals surface area contributed by atoms with E-state index in [1.165, 1.54) is 49.5 Å². The molecule has 1 amide bonds. The maximum atomic E-state index is 15.2. The predicted octanol–water partition coefficient (Wildman–Crippen LogP) is 5.23. The average Bonchev–Trinajstić information content (AvgIpc) is 3.50. The first-order valence-corrected chi connectivity index (χ1v) is 13.0. The average molecular weight is 456 g/mol. The summed E-state index contributed by atoms with van der Waals surface area (Å²) < 4.78 is 21.5. The second-order valence-electron chi connectivity index (χ2n) is 11.4. The van der Waals surface area contributed by atoms with Crippen LogP contribution in [0.5, 0.6) is 5.75 Å². The second-order valence-corrected chi connectivity index (χ2v) is 11.4. The van der Waals surface area contributed by atoms with Crippen LogP contribution >= 0.6 is 0 Å². The first-order chi connectivity index (χ1) is 16.0. The molecule has 4 aliphatic carbocycles. The van der Waals surface area contributed by atoms with Gasteiger partial charge in [0.2, 0.25) is 0 Å². The van der Waals surface area contributed by atoms with Gasteiger partial charge in [0.1, 0.15) is 17.6 Å². The van der Waals surface area contributed by atoms with Gasteiger partial charge in [-0.05, 0) is 105 Å². The molecule has 5 nitrogen and oxygen atoms in total. The van der Waals surface area contributed by atoms with Gasteiger partial charge in [0.15, 0.2) is 0 Å². The zero-order valence-electron chi connectivity index (χ0n) is 19.2. The number of hydrogen-bond donors (Lipinski definition) is 1. The Labute approximate surface area is 194 Å². The quantitative estimate of drug-likeness (QED) is 0.638. The summed E-state index contributed by atoms with van der Waals surface area (Å²) in [6, 6.07) is 2.19. The van der Waals surface area contributed by atoms with E-state index in [1.807, 2.05) is 0 Å². The first-order valence-electron chi connectivity index (χ1n) is 13.0. The zero-order chi connectivity index (χ0) is 22.7. The summed E-state index contributed by atoms with van der Waals surface area (Å²) >= 11 is 0. The van der Waals surface area contributed by atoms with E-state index in [1.54, 1.807) is 6.07 Å². The van der Waals surface area contributed by atoms with Crippen LogP contribution in [0.15, 0.2) is 12.1 Å². The number of hydrogen-bond acceptors (Lipinski definition) is 3. The number of likely N-dealkylation sites (tertiary alicyclic amines) is 1. The number of carboxylic acids is 1. The van der Waals surface area contributed by atoms with Crippen molar-refractivity contribution in [2.75, 3.05) is 13.2 Å². The maximum absolute atomic E-state index is 15.2. The molecular formula is C27H34FNO4. The van der Waals surface area contributed by atoms with Gasteiger partial charge in [-0.15, -0.1) is 0 Å². The normalized spacial score (nSPS) is 35.0. The molecule has 6 heteroatoms. The third-order valence-corrected chi connectivity index (χ3v) is 9.29. The van der Waals surface area contributed by atoms with E-state index < -0.39 is 23.7 Å². The van der Waals surface area contributed by atoms with Gasteiger partial charge < -0.3 is 14.7 Å². The SMILES string of the molecule is O=C(O)C1CCCN1C(=O)c1cc(C2CC2)c(OCC2CC3CC4CCC2C(C4)C3)cc1F. The third kappa shape index (κ3) is 3.93. The van der Waals surface area contributed by atoms with Gasteiger partial charge in [-0.2, -0.15) is 0 Å². The number of nitrogens with zero attached hydrogens (tertiary/aromatic N) is 1. The lowest BCUT2D eigenvalue weighted by atomic mass is 9.54. The highest BCUT2D eigenvalue weighted by Gasteiger charge is 2.46. The molecule has 6 unspecified atom stereocenters. The maximum Gasteiger partial charge on any atom is 0.326 e. The Hall–Kier alpha value is -2.11. The molecule has 6 atom stereocenters. The Morgan fingerprint density at radius 2 is 1.85 bits per heavy atom. The number of fused-ring (bicyclic) bond motifs is 2. The van der Waals surface area contributed by atoms with E-state index in [0.29, 0.717) is 43.6 Å². The number of carboxylic acid groups (broad SMARTS) is 1. The lowest BCUT2D eigenvalue weighted by Crippen LogP contribution is -2.44. The molecule has 178 valence electrons. The summed E-state index contributed by atoms with van der Waals surface area (Å²) in [6.07, 6.45) is 11.2. The highest BCUT2D eigenvalue weighted by atomic mass is 19.1. The van der Waals surface area contributed by atoms with E-state index in [9.17, 15) is 14.7 Å². The monoisotopic (exact) mass is 455 g/mol. The first kappa shape index (κ1) is 21.4. The van der Waals surface area contributed by atoms with Crippen LogP contribution in [0, 0.1) is 35.4 Å². The molecule has 0 aromatic heterocycles. The number of rotatable bonds is 6. The Balaban J connectivity index is 1.21. The topological polar surface area (TPSA) is 66.8 Å². The van der Waals surface area contributed by atoms with Crippen LogP contribution in [-0.4, -0.2) is 41.1 Å². The van der Waals surface area contributed by atoms with E-state index in [2.05, 4.69) is 0 Å². The Morgan fingerprint density at radius 1 is 1.03 bits per heavy atom. The van der Waals surface area contributed by atoms with Crippen LogP contribution in [0.4, 0.5) is 4.39 Å². The van der Waals surface area contributed by atoms with E-state index >= 15 is 4.39 Å². The molecule has 5 aliphatic rings. The number of carbonyl (C=O) groups excluding carboxylic acids is 1. The van der Waals surface area contributed by atoms with Crippen LogP contribution in [-0.2, 0) is 4.79 Å². The van der Waals surface area contributed by atoms with E-state index in [-0.39, 0.29) is 5.56 Å². The number of aliphatic carboxylic acids is 1. The highest BCUT2D eigenvalue weighted by molar-refractivity contribution is 5.97. The Kier molecular flexibility index (Phi) is 5.38. The molecule has 0 radical (unpaired) electrons. The van der Waals surface area contributed by atoms with Gasteiger partial charge >= 0.3 is 5.97 Å². The van der Waals surface area contributed by atoms with Crippen LogP contribution in [0.1, 0.15) is 86.0 Å². The van der Waals surface area contributed by atoms with Crippen molar-refractivity contribution in [3.8, 4) is 5.75 Å². The molecule has 4 saturated carbocycles. The second kappa shape index (κ2) is 8.28. The Bertz CT molecular complexity index is 954. The summed E-state index contributed by atoms with van der Waals surface area (Å²) in [5.41, 5.74) is 0.911. The highest BCUT2D eigenvalue weighted by Crippen LogP contribution is 2.55. The van der Waals surface area contributed by atoms with Crippen molar-refractivity contribution in [1.29, 1.82) is 0 Å². The van der Waals surface area contributed by atoms with Crippen LogP contribution in [0.3, 0.4) is 0 Å². The molecule has 3 bridgehead atoms. The van der Waals surface area contributed by atoms with Crippen LogP contribution in [0.2, 0.25) is 0 Å². The minimum atomic E-state index is -1.02. The smallest absolute Gasteiger partial charge is 0.326 e. The summed E-state index contributed by atoms with van der Waals surface area (Å²) in [4.78, 5) is 25.9. The molecule has 6 rings (SSSR count). The van der Waals surface area contributed by atoms with Gasteiger partial charge in [0.25, 0.3) is 5.91 Å². The summed E-state index contributed by atoms with van der Waals surface area (Å²) in [5.74, 6) is 2.70. The molecule has 1 aromatic carbocycles. The van der Waals surface area contributed by atoms with Gasteiger partial charge in [-0.1, -0.05) is 6.42 Å². The molecule has 0 spiro atoms. The number of carbonyl (C=O) groups is 2. The largest absolute Gasteiger partial charge is 0.493 e. The molecule has 1 N–H and O–H groups in total. The van der Waals surface area contributed by atoms with Crippen molar-refractivity contribution >= 4 is 11.9 Å². The molecular weight excluding hydrogens is 421 g/mol. The van der Waals surface area contributed by atoms with Gasteiger partial charge in [-0.25, -0.2) is 9.18 Å². The zero-order valence-corrected chi connectivity index (χ0v) is 19.2. The summed E-state index contributed by atoms with van der Waals surface area (Å²) in [6.45, 7) is 1.00. The van der Waals surface area contributed by atoms with Crippen molar-refractivity contribution in [2.45, 2.75) is 76.2 Å². The number of halogens is 1. The molecule has 5 fully saturated rings. The van der Waals surface area contributed by atoms with Crippen molar-refractivity contribution in [1.82, 2.24) is 4.90 Å². The molecule has 1 saturated heterocycles. The van der Waals surface area contributed by atoms with Gasteiger partial charge in [-0.3, -0.25) is 4.79 Å². The van der Waals surface area contributed by atoms with Gasteiger partial charge in [0.05, 0.1) is 12.2 Å². The minimum absolute atomic E-state index is 0.0112. The predicted molar refractivity (Wildman–Crippen MR) is 121 cm³/mol. The third-order valence-electron chi connectivity index (χ3n) is 9.29. The van der Waals surface area contributed by atoms with Gasteiger partial charge in [0, 0.05) is 12.6 Å². The summed E-state index contributed by atoms with van der Waals surface area (Å²) in [5, 5.41) is 9.44. The molecule has 1 aliphatic heterocycles. The van der Waals surface area contributed by atoms with Crippen molar-refractivity contribution < 1.29 is 23.8 Å². The fourth-order valence-corrected chi connectivity index (χ4v) is 7.67. The lowest BCUT2D eigenvalue weighted by molar-refractivity contribution is -0.141. The van der Waals surface area contributed by atoms with Crippen LogP contribution in [0.25, 0.3) is 0 Å². The lowest BCUT2D eigenvalue weighted by Gasteiger charge is -2.52. The standard InChI is InChI=1S/C27H34FNO4/c28-23-13-25(33-14-19-11-16-8-15-3-6-20(19)18(9-15)10-16)21(17-4-5-17)12-22(23)26(30)29-7-1-2-24(29)27(31)32/h12-13,15-20,24H,1-11,14H2,(H,31,32).